The predicted molar refractivity (Wildman–Crippen MR) is 89.7 cm³/mol. The van der Waals surface area contributed by atoms with Gasteiger partial charge >= 0.3 is 0 Å². The van der Waals surface area contributed by atoms with E-state index in [-0.39, 0.29) is 5.54 Å². The van der Waals surface area contributed by atoms with E-state index < -0.39 is 0 Å². The zero-order chi connectivity index (χ0) is 16.2. The molecule has 0 radical (unpaired) electrons. The van der Waals surface area contributed by atoms with Crippen molar-refractivity contribution in [1.29, 1.82) is 0 Å². The Morgan fingerprint density at radius 2 is 1.86 bits per heavy atom. The van der Waals surface area contributed by atoms with E-state index in [4.69, 9.17) is 10.5 Å². The topological polar surface area (TPSA) is 61.0 Å². The van der Waals surface area contributed by atoms with E-state index in [0.717, 1.165) is 29.1 Å². The number of ether oxygens (including phenoxy) is 1. The number of aryl methyl sites for hydroxylation is 1. The van der Waals surface area contributed by atoms with E-state index >= 15 is 0 Å². The number of hydrogen-bond acceptors (Lipinski definition) is 4. The van der Waals surface area contributed by atoms with Crippen LogP contribution in [0.2, 0.25) is 0 Å². The van der Waals surface area contributed by atoms with Crippen molar-refractivity contribution >= 4 is 0 Å². The molecule has 0 aliphatic heterocycles. The van der Waals surface area contributed by atoms with Crippen molar-refractivity contribution in [3.8, 4) is 17.0 Å². The Kier molecular flexibility index (Phi) is 5.14. The quantitative estimate of drug-likeness (QED) is 0.885. The van der Waals surface area contributed by atoms with Crippen molar-refractivity contribution in [2.75, 3.05) is 6.61 Å². The van der Waals surface area contributed by atoms with Crippen LogP contribution in [-0.2, 0) is 0 Å². The lowest BCUT2D eigenvalue weighted by molar-refractivity contribution is 0.205. The Balaban J connectivity index is 2.08. The lowest BCUT2D eigenvalue weighted by Crippen LogP contribution is -2.43. The van der Waals surface area contributed by atoms with Crippen LogP contribution in [0, 0.1) is 12.8 Å². The normalized spacial score (nSPS) is 13.9. The van der Waals surface area contributed by atoms with Gasteiger partial charge in [-0.05, 0) is 50.5 Å². The molecule has 0 spiro atoms. The van der Waals surface area contributed by atoms with E-state index in [9.17, 15) is 0 Å². The van der Waals surface area contributed by atoms with Crippen LogP contribution >= 0.6 is 0 Å². The molecule has 118 valence electrons. The Labute approximate surface area is 132 Å². The molecule has 2 N–H and O–H groups in total. The van der Waals surface area contributed by atoms with Gasteiger partial charge in [-0.25, -0.2) is 4.98 Å². The van der Waals surface area contributed by atoms with Crippen molar-refractivity contribution in [3.63, 3.8) is 0 Å². The molecule has 0 aromatic carbocycles. The minimum Gasteiger partial charge on any atom is -0.490 e. The second kappa shape index (κ2) is 6.88. The number of hydrogen-bond donors (Lipinski definition) is 1. The van der Waals surface area contributed by atoms with E-state index in [2.05, 4.69) is 23.8 Å². The van der Waals surface area contributed by atoms with Gasteiger partial charge in [-0.1, -0.05) is 13.8 Å². The number of pyridine rings is 2. The summed E-state index contributed by atoms with van der Waals surface area (Å²) >= 11 is 0. The zero-order valence-electron chi connectivity index (χ0n) is 13.8. The first-order chi connectivity index (χ1) is 10.4. The van der Waals surface area contributed by atoms with E-state index in [1.54, 1.807) is 12.4 Å². The molecule has 2 heterocycles. The molecule has 0 aliphatic rings. The van der Waals surface area contributed by atoms with Gasteiger partial charge in [0, 0.05) is 23.5 Å². The maximum atomic E-state index is 6.28. The molecular weight excluding hydrogens is 274 g/mol. The molecule has 0 saturated carbocycles. The first-order valence-electron chi connectivity index (χ1n) is 7.67. The van der Waals surface area contributed by atoms with Gasteiger partial charge in [-0.2, -0.15) is 0 Å². The van der Waals surface area contributed by atoms with Crippen molar-refractivity contribution in [1.82, 2.24) is 9.97 Å². The Hall–Kier alpha value is -1.94. The van der Waals surface area contributed by atoms with Crippen molar-refractivity contribution in [3.05, 3.63) is 42.4 Å². The first-order valence-corrected chi connectivity index (χ1v) is 7.67. The third-order valence-electron chi connectivity index (χ3n) is 3.45. The largest absolute Gasteiger partial charge is 0.490 e. The predicted octanol–water partition coefficient (Wildman–Crippen LogP) is 3.59. The second-order valence-electron chi connectivity index (χ2n) is 6.56. The molecule has 2 aromatic rings. The molecular formula is C18H25N3O. The van der Waals surface area contributed by atoms with Gasteiger partial charge in [-0.15, -0.1) is 0 Å². The summed E-state index contributed by atoms with van der Waals surface area (Å²) in [7, 11) is 0. The molecule has 2 rings (SSSR count). The third kappa shape index (κ3) is 4.53. The van der Waals surface area contributed by atoms with Gasteiger partial charge in [0.25, 0.3) is 0 Å². The first kappa shape index (κ1) is 16.4. The average Bonchev–Trinajstić information content (AvgIpc) is 2.45. The van der Waals surface area contributed by atoms with E-state index in [1.807, 2.05) is 38.1 Å². The summed E-state index contributed by atoms with van der Waals surface area (Å²) in [6, 6.07) is 7.82. The fourth-order valence-electron chi connectivity index (χ4n) is 2.62. The minimum absolute atomic E-state index is 0.329. The highest BCUT2D eigenvalue weighted by atomic mass is 16.5. The Morgan fingerprint density at radius 1 is 1.18 bits per heavy atom. The highest BCUT2D eigenvalue weighted by Crippen LogP contribution is 2.23. The van der Waals surface area contributed by atoms with Gasteiger partial charge in [0.1, 0.15) is 12.4 Å². The summed E-state index contributed by atoms with van der Waals surface area (Å²) in [5.41, 5.74) is 8.80. The van der Waals surface area contributed by atoms with Crippen LogP contribution in [0.4, 0.5) is 0 Å². The fraction of sp³-hybridized carbons (Fsp3) is 0.444. The van der Waals surface area contributed by atoms with Gasteiger partial charge in [-0.3, -0.25) is 4.98 Å². The van der Waals surface area contributed by atoms with Crippen molar-refractivity contribution in [2.45, 2.75) is 39.7 Å². The number of aromatic nitrogens is 2. The zero-order valence-corrected chi connectivity index (χ0v) is 13.8. The minimum atomic E-state index is -0.329. The number of rotatable bonds is 6. The average molecular weight is 299 g/mol. The third-order valence-corrected chi connectivity index (χ3v) is 3.45. The van der Waals surface area contributed by atoms with Crippen LogP contribution < -0.4 is 10.5 Å². The molecule has 0 aliphatic carbocycles. The molecule has 0 amide bonds. The molecule has 2 aromatic heterocycles. The van der Waals surface area contributed by atoms with E-state index in [0.29, 0.717) is 12.5 Å². The van der Waals surface area contributed by atoms with Gasteiger partial charge in [0.2, 0.25) is 0 Å². The molecule has 1 unspecified atom stereocenters. The molecule has 4 nitrogen and oxygen atoms in total. The van der Waals surface area contributed by atoms with Gasteiger partial charge < -0.3 is 10.5 Å². The lowest BCUT2D eigenvalue weighted by Gasteiger charge is -2.27. The summed E-state index contributed by atoms with van der Waals surface area (Å²) in [6.07, 6.45) is 4.46. The van der Waals surface area contributed by atoms with Crippen LogP contribution in [0.15, 0.2) is 36.7 Å². The van der Waals surface area contributed by atoms with Crippen LogP contribution in [0.3, 0.4) is 0 Å². The van der Waals surface area contributed by atoms with Gasteiger partial charge in [0.15, 0.2) is 0 Å². The van der Waals surface area contributed by atoms with Crippen LogP contribution in [0.25, 0.3) is 11.3 Å². The van der Waals surface area contributed by atoms with Crippen molar-refractivity contribution < 1.29 is 4.74 Å². The standard InChI is InChI=1S/C18H25N3O/c1-13(2)11-18(4,19)12-22-17-6-5-16(21-14(17)3)15-7-9-20-10-8-15/h5-10,13H,11-12,19H2,1-4H3. The molecule has 1 atom stereocenters. The Bertz CT molecular complexity index is 609. The maximum Gasteiger partial charge on any atom is 0.140 e. The smallest absolute Gasteiger partial charge is 0.140 e. The molecule has 0 saturated heterocycles. The van der Waals surface area contributed by atoms with Crippen LogP contribution in [0.1, 0.15) is 32.9 Å². The number of nitrogens with zero attached hydrogens (tertiary/aromatic N) is 2. The van der Waals surface area contributed by atoms with E-state index in [1.165, 1.54) is 0 Å². The van der Waals surface area contributed by atoms with Crippen molar-refractivity contribution in [2.24, 2.45) is 11.7 Å². The molecule has 22 heavy (non-hydrogen) atoms. The molecule has 4 heteroatoms. The molecule has 0 bridgehead atoms. The molecule has 0 fully saturated rings. The summed E-state index contributed by atoms with van der Waals surface area (Å²) in [5.74, 6) is 1.34. The second-order valence-corrected chi connectivity index (χ2v) is 6.56. The highest BCUT2D eigenvalue weighted by Gasteiger charge is 2.21. The summed E-state index contributed by atoms with van der Waals surface area (Å²) < 4.78 is 5.89. The highest BCUT2D eigenvalue weighted by molar-refractivity contribution is 5.59. The van der Waals surface area contributed by atoms with Gasteiger partial charge in [0.05, 0.1) is 11.4 Å². The lowest BCUT2D eigenvalue weighted by atomic mass is 9.93. The van der Waals surface area contributed by atoms with Crippen LogP contribution in [0.5, 0.6) is 5.75 Å². The fourth-order valence-corrected chi connectivity index (χ4v) is 2.62. The SMILES string of the molecule is Cc1nc(-c2ccncc2)ccc1OCC(C)(N)CC(C)C. The number of nitrogens with two attached hydrogens (primary N) is 1. The van der Waals surface area contributed by atoms with Crippen LogP contribution in [-0.4, -0.2) is 22.1 Å². The summed E-state index contributed by atoms with van der Waals surface area (Å²) in [6.45, 7) is 8.81. The monoisotopic (exact) mass is 299 g/mol. The maximum absolute atomic E-state index is 6.28. The summed E-state index contributed by atoms with van der Waals surface area (Å²) in [5, 5.41) is 0. The summed E-state index contributed by atoms with van der Waals surface area (Å²) in [4.78, 5) is 8.64. The Morgan fingerprint density at radius 3 is 2.45 bits per heavy atom.